The molecular weight excluding hydrogens is 202 g/mol. The number of hydrogen-bond acceptors (Lipinski definition) is 4. The summed E-state index contributed by atoms with van der Waals surface area (Å²) in [7, 11) is 0. The van der Waals surface area contributed by atoms with Crippen LogP contribution in [0.25, 0.3) is 0 Å². The van der Waals surface area contributed by atoms with E-state index in [0.717, 1.165) is 0 Å². The maximum absolute atomic E-state index is 12.0. The van der Waals surface area contributed by atoms with Crippen molar-refractivity contribution in [3.05, 3.63) is 11.8 Å². The molecule has 0 aliphatic heterocycles. The standard InChI is InChI=1S/C12H15N3O/c13-7-1-4-12(5-2-8-14)6-3-10(15)9-11(12)16/h9H,1-6,15H2. The highest BCUT2D eigenvalue weighted by molar-refractivity contribution is 5.96. The van der Waals surface area contributed by atoms with Crippen molar-refractivity contribution in [1.82, 2.24) is 0 Å². The number of allylic oxidation sites excluding steroid dienone is 2. The van der Waals surface area contributed by atoms with Gasteiger partial charge in [-0.3, -0.25) is 4.79 Å². The van der Waals surface area contributed by atoms with Gasteiger partial charge in [-0.15, -0.1) is 0 Å². The van der Waals surface area contributed by atoms with E-state index in [1.807, 2.05) is 0 Å². The number of hydrogen-bond donors (Lipinski definition) is 1. The van der Waals surface area contributed by atoms with E-state index in [9.17, 15) is 4.79 Å². The average Bonchev–Trinajstić information content (AvgIpc) is 2.27. The second-order valence-electron chi connectivity index (χ2n) is 4.18. The van der Waals surface area contributed by atoms with Crippen LogP contribution in [0.3, 0.4) is 0 Å². The van der Waals surface area contributed by atoms with Gasteiger partial charge in [-0.2, -0.15) is 10.5 Å². The quantitative estimate of drug-likeness (QED) is 0.777. The molecule has 0 aromatic rings. The second-order valence-corrected chi connectivity index (χ2v) is 4.18. The zero-order chi connectivity index (χ0) is 12.0. The topological polar surface area (TPSA) is 90.7 Å². The average molecular weight is 217 g/mol. The Morgan fingerprint density at radius 1 is 1.31 bits per heavy atom. The summed E-state index contributed by atoms with van der Waals surface area (Å²) in [6.45, 7) is 0. The minimum Gasteiger partial charge on any atom is -0.402 e. The SMILES string of the molecule is N#CCCC1(CCC#N)CCC(N)=CC1=O. The lowest BCUT2D eigenvalue weighted by Gasteiger charge is -2.33. The molecular formula is C12H15N3O. The molecule has 84 valence electrons. The van der Waals surface area contributed by atoms with Gasteiger partial charge in [0, 0.05) is 30.0 Å². The van der Waals surface area contributed by atoms with Crippen LogP contribution in [-0.4, -0.2) is 5.78 Å². The summed E-state index contributed by atoms with van der Waals surface area (Å²) in [4.78, 5) is 12.0. The normalized spacial score (nSPS) is 18.4. The number of carbonyl (C=O) groups is 1. The maximum atomic E-state index is 12.0. The van der Waals surface area contributed by atoms with E-state index >= 15 is 0 Å². The van der Waals surface area contributed by atoms with Crippen LogP contribution in [-0.2, 0) is 4.79 Å². The lowest BCUT2D eigenvalue weighted by Crippen LogP contribution is -2.34. The molecule has 0 radical (unpaired) electrons. The summed E-state index contributed by atoms with van der Waals surface area (Å²) in [6, 6.07) is 4.12. The Kier molecular flexibility index (Phi) is 4.08. The van der Waals surface area contributed by atoms with Crippen LogP contribution in [0.5, 0.6) is 0 Å². The first-order valence-electron chi connectivity index (χ1n) is 5.39. The summed E-state index contributed by atoms with van der Waals surface area (Å²) in [5.41, 5.74) is 5.70. The Morgan fingerprint density at radius 2 is 1.88 bits per heavy atom. The number of carbonyl (C=O) groups excluding carboxylic acids is 1. The third-order valence-corrected chi connectivity index (χ3v) is 3.16. The van der Waals surface area contributed by atoms with Gasteiger partial charge in [-0.25, -0.2) is 0 Å². The summed E-state index contributed by atoms with van der Waals surface area (Å²) in [6.07, 6.45) is 4.59. The van der Waals surface area contributed by atoms with Gasteiger partial charge in [0.15, 0.2) is 5.78 Å². The van der Waals surface area contributed by atoms with Crippen LogP contribution in [0.2, 0.25) is 0 Å². The Hall–Kier alpha value is -1.81. The molecule has 2 N–H and O–H groups in total. The van der Waals surface area contributed by atoms with E-state index in [-0.39, 0.29) is 5.78 Å². The first kappa shape index (κ1) is 12.3. The number of nitrogens with zero attached hydrogens (tertiary/aromatic N) is 2. The van der Waals surface area contributed by atoms with Gasteiger partial charge in [0.2, 0.25) is 0 Å². The van der Waals surface area contributed by atoms with Crippen molar-refractivity contribution < 1.29 is 4.79 Å². The molecule has 1 aliphatic rings. The van der Waals surface area contributed by atoms with E-state index < -0.39 is 5.41 Å². The van der Waals surface area contributed by atoms with Crippen LogP contribution < -0.4 is 5.73 Å². The van der Waals surface area contributed by atoms with Crippen LogP contribution in [0.15, 0.2) is 11.8 Å². The van der Waals surface area contributed by atoms with E-state index in [4.69, 9.17) is 16.3 Å². The van der Waals surface area contributed by atoms with Gasteiger partial charge in [-0.1, -0.05) is 0 Å². The Labute approximate surface area is 95.3 Å². The monoisotopic (exact) mass is 217 g/mol. The van der Waals surface area contributed by atoms with Crippen molar-refractivity contribution in [2.24, 2.45) is 11.1 Å². The molecule has 0 unspecified atom stereocenters. The van der Waals surface area contributed by atoms with E-state index in [1.165, 1.54) is 6.08 Å². The maximum Gasteiger partial charge on any atom is 0.163 e. The molecule has 4 heteroatoms. The van der Waals surface area contributed by atoms with Gasteiger partial charge >= 0.3 is 0 Å². The van der Waals surface area contributed by atoms with Gasteiger partial charge in [0.25, 0.3) is 0 Å². The van der Waals surface area contributed by atoms with Crippen LogP contribution in [0, 0.1) is 28.1 Å². The van der Waals surface area contributed by atoms with Gasteiger partial charge in [0.1, 0.15) is 0 Å². The van der Waals surface area contributed by atoms with Gasteiger partial charge in [-0.05, 0) is 25.7 Å². The van der Waals surface area contributed by atoms with Crippen LogP contribution in [0.1, 0.15) is 38.5 Å². The predicted octanol–water partition coefficient (Wildman–Crippen LogP) is 1.79. The molecule has 1 rings (SSSR count). The molecule has 0 saturated heterocycles. The molecule has 0 aromatic heterocycles. The summed E-state index contributed by atoms with van der Waals surface area (Å²) in [5, 5.41) is 17.2. The predicted molar refractivity (Wildman–Crippen MR) is 58.6 cm³/mol. The molecule has 4 nitrogen and oxygen atoms in total. The molecule has 0 heterocycles. The van der Waals surface area contributed by atoms with E-state index in [2.05, 4.69) is 12.1 Å². The zero-order valence-electron chi connectivity index (χ0n) is 9.20. The summed E-state index contributed by atoms with van der Waals surface area (Å²) < 4.78 is 0. The van der Waals surface area contributed by atoms with Crippen molar-refractivity contribution >= 4 is 5.78 Å². The molecule has 0 bridgehead atoms. The van der Waals surface area contributed by atoms with Gasteiger partial charge in [0.05, 0.1) is 12.1 Å². The number of rotatable bonds is 4. The fraction of sp³-hybridized carbons (Fsp3) is 0.583. The molecule has 0 saturated carbocycles. The number of nitriles is 2. The molecule has 0 amide bonds. The molecule has 16 heavy (non-hydrogen) atoms. The van der Waals surface area contributed by atoms with Crippen LogP contribution >= 0.6 is 0 Å². The zero-order valence-corrected chi connectivity index (χ0v) is 9.20. The Balaban J connectivity index is 2.84. The second kappa shape index (κ2) is 5.32. The molecule has 1 aliphatic carbocycles. The number of nitrogens with two attached hydrogens (primary N) is 1. The third-order valence-electron chi connectivity index (χ3n) is 3.16. The van der Waals surface area contributed by atoms with Crippen molar-refractivity contribution in [2.45, 2.75) is 38.5 Å². The van der Waals surface area contributed by atoms with Crippen molar-refractivity contribution in [1.29, 1.82) is 10.5 Å². The smallest absolute Gasteiger partial charge is 0.163 e. The molecule has 0 atom stereocenters. The minimum absolute atomic E-state index is 0.0123. The van der Waals surface area contributed by atoms with Crippen molar-refractivity contribution in [2.75, 3.05) is 0 Å². The highest BCUT2D eigenvalue weighted by atomic mass is 16.1. The fourth-order valence-electron chi connectivity index (χ4n) is 2.11. The Morgan fingerprint density at radius 3 is 2.31 bits per heavy atom. The minimum atomic E-state index is -0.520. The lowest BCUT2D eigenvalue weighted by molar-refractivity contribution is -0.125. The van der Waals surface area contributed by atoms with Crippen molar-refractivity contribution in [3.63, 3.8) is 0 Å². The van der Waals surface area contributed by atoms with Crippen molar-refractivity contribution in [3.8, 4) is 12.1 Å². The molecule has 0 aromatic carbocycles. The fourth-order valence-corrected chi connectivity index (χ4v) is 2.11. The first-order valence-corrected chi connectivity index (χ1v) is 5.39. The van der Waals surface area contributed by atoms with E-state index in [0.29, 0.717) is 44.2 Å². The third kappa shape index (κ3) is 2.61. The lowest BCUT2D eigenvalue weighted by atomic mass is 9.69. The molecule has 0 fully saturated rings. The first-order chi connectivity index (χ1) is 7.64. The summed E-state index contributed by atoms with van der Waals surface area (Å²) >= 11 is 0. The Bertz CT molecular complexity index is 366. The number of ketones is 1. The highest BCUT2D eigenvalue weighted by Crippen LogP contribution is 2.39. The molecule has 0 spiro atoms. The van der Waals surface area contributed by atoms with Crippen LogP contribution in [0.4, 0.5) is 0 Å². The highest BCUT2D eigenvalue weighted by Gasteiger charge is 2.38. The van der Waals surface area contributed by atoms with E-state index in [1.54, 1.807) is 0 Å². The summed E-state index contributed by atoms with van der Waals surface area (Å²) in [5.74, 6) is -0.0123. The van der Waals surface area contributed by atoms with Gasteiger partial charge < -0.3 is 5.73 Å². The largest absolute Gasteiger partial charge is 0.402 e.